The average molecular weight is 479 g/mol. The van der Waals surface area contributed by atoms with E-state index in [9.17, 15) is 4.79 Å². The van der Waals surface area contributed by atoms with Gasteiger partial charge in [-0.25, -0.2) is 0 Å². The van der Waals surface area contributed by atoms with Gasteiger partial charge in [-0.3, -0.25) is 9.36 Å². The molecule has 0 radical (unpaired) electrons. The van der Waals surface area contributed by atoms with Crippen LogP contribution in [0.1, 0.15) is 56.5 Å². The van der Waals surface area contributed by atoms with E-state index in [1.165, 1.54) is 11.8 Å². The van der Waals surface area contributed by atoms with Crippen molar-refractivity contribution < 1.29 is 14.3 Å². The van der Waals surface area contributed by atoms with Crippen molar-refractivity contribution in [3.63, 3.8) is 0 Å². The van der Waals surface area contributed by atoms with E-state index < -0.39 is 0 Å². The second kappa shape index (κ2) is 10.1. The quantitative estimate of drug-likeness (QED) is 0.464. The molecule has 0 unspecified atom stereocenters. The van der Waals surface area contributed by atoms with Crippen molar-refractivity contribution in [3.05, 3.63) is 59.9 Å². The van der Waals surface area contributed by atoms with Gasteiger partial charge in [0.2, 0.25) is 5.91 Å². The number of carbonyl (C=O) groups excluding carboxylic acids is 1. The van der Waals surface area contributed by atoms with Crippen LogP contribution in [0.2, 0.25) is 0 Å². The Bertz CT molecular complexity index is 1140. The fourth-order valence-electron chi connectivity index (χ4n) is 4.15. The topological polar surface area (TPSA) is 78.3 Å². The highest BCUT2D eigenvalue weighted by molar-refractivity contribution is 7.99. The van der Waals surface area contributed by atoms with Crippen LogP contribution in [0, 0.1) is 5.92 Å². The maximum atomic E-state index is 13.0. The highest BCUT2D eigenvalue weighted by Gasteiger charge is 2.31. The number of para-hydroxylation sites is 1. The summed E-state index contributed by atoms with van der Waals surface area (Å²) in [5.41, 5.74) is 2.05. The van der Waals surface area contributed by atoms with E-state index in [1.54, 1.807) is 0 Å². The first-order chi connectivity index (χ1) is 16.6. The normalized spacial score (nSPS) is 16.2. The number of benzene rings is 2. The number of carbonyl (C=O) groups is 1. The van der Waals surface area contributed by atoms with Crippen molar-refractivity contribution in [3.8, 4) is 17.2 Å². The van der Waals surface area contributed by atoms with Crippen molar-refractivity contribution in [2.75, 3.05) is 19.0 Å². The number of fused-ring (bicyclic) bond motifs is 1. The molecular weight excluding hydrogens is 448 g/mol. The molecule has 1 atom stereocenters. The summed E-state index contributed by atoms with van der Waals surface area (Å²) in [4.78, 5) is 13.0. The molecule has 5 rings (SSSR count). The summed E-state index contributed by atoms with van der Waals surface area (Å²) in [6, 6.07) is 15.9. The van der Waals surface area contributed by atoms with E-state index in [0.717, 1.165) is 53.0 Å². The molecule has 3 aromatic rings. The van der Waals surface area contributed by atoms with Gasteiger partial charge in [0.05, 0.1) is 25.0 Å². The Morgan fingerprint density at radius 2 is 1.85 bits per heavy atom. The minimum absolute atomic E-state index is 0.0357. The van der Waals surface area contributed by atoms with Crippen LogP contribution in [0.4, 0.5) is 0 Å². The first-order valence-electron chi connectivity index (χ1n) is 11.9. The lowest BCUT2D eigenvalue weighted by atomic mass is 9.95. The van der Waals surface area contributed by atoms with Gasteiger partial charge in [0.15, 0.2) is 16.7 Å². The summed E-state index contributed by atoms with van der Waals surface area (Å²) in [5, 5.41) is 12.8. The molecule has 1 N–H and O–H groups in total. The second-order valence-corrected chi connectivity index (χ2v) is 10.1. The van der Waals surface area contributed by atoms with Gasteiger partial charge in [-0.05, 0) is 48.6 Å². The summed E-state index contributed by atoms with van der Waals surface area (Å²) in [6.07, 6.45) is 3.14. The third kappa shape index (κ3) is 5.06. The van der Waals surface area contributed by atoms with E-state index in [-0.39, 0.29) is 23.6 Å². The monoisotopic (exact) mass is 478 g/mol. The Kier molecular flexibility index (Phi) is 6.76. The number of rotatable bonds is 8. The van der Waals surface area contributed by atoms with Gasteiger partial charge in [-0.15, -0.1) is 10.2 Å². The number of hydrogen-bond acceptors (Lipinski definition) is 6. The SMILES string of the molecule is CC(C)[C@@H](NC(=O)CSc1nnc(C2CC2)n1-c1ccccc1)c1ccc2c(c1)OCCCO2. The molecule has 1 aromatic heterocycles. The zero-order valence-corrected chi connectivity index (χ0v) is 20.4. The number of thioether (sulfide) groups is 1. The number of amides is 1. The predicted molar refractivity (Wildman–Crippen MR) is 132 cm³/mol. The van der Waals surface area contributed by atoms with Gasteiger partial charge < -0.3 is 14.8 Å². The van der Waals surface area contributed by atoms with Crippen LogP contribution >= 0.6 is 11.8 Å². The molecule has 178 valence electrons. The summed E-state index contributed by atoms with van der Waals surface area (Å²) >= 11 is 1.42. The molecule has 1 saturated carbocycles. The van der Waals surface area contributed by atoms with E-state index in [4.69, 9.17) is 9.47 Å². The van der Waals surface area contributed by atoms with E-state index in [0.29, 0.717) is 19.1 Å². The molecule has 0 saturated heterocycles. The zero-order chi connectivity index (χ0) is 23.5. The fraction of sp³-hybridized carbons (Fsp3) is 0.423. The number of nitrogens with one attached hydrogen (secondary N) is 1. The molecule has 0 bridgehead atoms. The van der Waals surface area contributed by atoms with E-state index in [2.05, 4.69) is 46.1 Å². The van der Waals surface area contributed by atoms with Crippen molar-refractivity contribution in [2.24, 2.45) is 5.92 Å². The first kappa shape index (κ1) is 22.8. The van der Waals surface area contributed by atoms with Crippen LogP contribution in [-0.4, -0.2) is 39.6 Å². The standard InChI is InChI=1S/C26H30N4O3S/c1-17(2)24(19-11-12-21-22(15-19)33-14-6-13-32-21)27-23(31)16-34-26-29-28-25(18-9-10-18)30(26)20-7-4-3-5-8-20/h3-5,7-8,11-12,15,17-18,24H,6,9-10,13-14,16H2,1-2H3,(H,27,31)/t24-/m1/s1. The molecule has 34 heavy (non-hydrogen) atoms. The summed E-state index contributed by atoms with van der Waals surface area (Å²) in [5.74, 6) is 3.40. The largest absolute Gasteiger partial charge is 0.490 e. The second-order valence-electron chi connectivity index (χ2n) is 9.12. The molecule has 1 amide bonds. The third-order valence-corrected chi connectivity index (χ3v) is 6.99. The van der Waals surface area contributed by atoms with Crippen molar-refractivity contribution >= 4 is 17.7 Å². The Balaban J connectivity index is 1.29. The highest BCUT2D eigenvalue weighted by atomic mass is 32.2. The lowest BCUT2D eigenvalue weighted by Gasteiger charge is -2.24. The minimum atomic E-state index is -0.126. The maximum Gasteiger partial charge on any atom is 0.230 e. The number of hydrogen-bond donors (Lipinski definition) is 1. The Morgan fingerprint density at radius 3 is 2.59 bits per heavy atom. The molecule has 8 heteroatoms. The van der Waals surface area contributed by atoms with E-state index in [1.807, 2.05) is 36.4 Å². The average Bonchev–Trinajstić information content (AvgIpc) is 3.64. The third-order valence-electron chi connectivity index (χ3n) is 6.06. The lowest BCUT2D eigenvalue weighted by Crippen LogP contribution is -2.33. The number of aromatic nitrogens is 3. The van der Waals surface area contributed by atoms with Crippen LogP contribution in [0.15, 0.2) is 53.7 Å². The predicted octanol–water partition coefficient (Wildman–Crippen LogP) is 4.91. The Morgan fingerprint density at radius 1 is 1.09 bits per heavy atom. The van der Waals surface area contributed by atoms with Gasteiger partial charge in [-0.1, -0.05) is 49.9 Å². The molecular formula is C26H30N4O3S. The van der Waals surface area contributed by atoms with Gasteiger partial charge in [0, 0.05) is 18.0 Å². The van der Waals surface area contributed by atoms with Gasteiger partial charge in [0.1, 0.15) is 5.82 Å². The maximum absolute atomic E-state index is 13.0. The van der Waals surface area contributed by atoms with Crippen LogP contribution < -0.4 is 14.8 Å². The summed E-state index contributed by atoms with van der Waals surface area (Å²) in [7, 11) is 0. The molecule has 2 aromatic carbocycles. The summed E-state index contributed by atoms with van der Waals surface area (Å²) in [6.45, 7) is 5.50. The molecule has 2 aliphatic rings. The van der Waals surface area contributed by atoms with E-state index >= 15 is 0 Å². The Labute approximate surface area is 204 Å². The lowest BCUT2D eigenvalue weighted by molar-refractivity contribution is -0.119. The first-order valence-corrected chi connectivity index (χ1v) is 12.9. The van der Waals surface area contributed by atoms with Gasteiger partial charge in [0.25, 0.3) is 0 Å². The highest BCUT2D eigenvalue weighted by Crippen LogP contribution is 2.41. The summed E-state index contributed by atoms with van der Waals surface area (Å²) < 4.78 is 13.7. The van der Waals surface area contributed by atoms with Gasteiger partial charge >= 0.3 is 0 Å². The number of nitrogens with zero attached hydrogens (tertiary/aromatic N) is 3. The fourth-order valence-corrected chi connectivity index (χ4v) is 4.92. The Hall–Kier alpha value is -3.00. The van der Waals surface area contributed by atoms with Crippen LogP contribution in [0.25, 0.3) is 5.69 Å². The molecule has 2 heterocycles. The van der Waals surface area contributed by atoms with Crippen molar-refractivity contribution in [2.45, 2.75) is 50.2 Å². The molecule has 1 aliphatic carbocycles. The molecule has 1 aliphatic heterocycles. The zero-order valence-electron chi connectivity index (χ0n) is 19.6. The molecule has 0 spiro atoms. The van der Waals surface area contributed by atoms with Crippen LogP contribution in [0.3, 0.4) is 0 Å². The minimum Gasteiger partial charge on any atom is -0.490 e. The molecule has 1 fully saturated rings. The van der Waals surface area contributed by atoms with Crippen LogP contribution in [0.5, 0.6) is 11.5 Å². The molecule has 7 nitrogen and oxygen atoms in total. The van der Waals surface area contributed by atoms with Crippen molar-refractivity contribution in [1.29, 1.82) is 0 Å². The smallest absolute Gasteiger partial charge is 0.230 e. The van der Waals surface area contributed by atoms with Gasteiger partial charge in [-0.2, -0.15) is 0 Å². The van der Waals surface area contributed by atoms with Crippen molar-refractivity contribution in [1.82, 2.24) is 20.1 Å². The van der Waals surface area contributed by atoms with Crippen LogP contribution in [-0.2, 0) is 4.79 Å². The number of ether oxygens (including phenoxy) is 2.